The summed E-state index contributed by atoms with van der Waals surface area (Å²) in [7, 11) is 0. The van der Waals surface area contributed by atoms with E-state index in [0.29, 0.717) is 30.0 Å². The maximum absolute atomic E-state index is 14.3. The van der Waals surface area contributed by atoms with E-state index in [2.05, 4.69) is 10.3 Å². The van der Waals surface area contributed by atoms with Crippen LogP contribution in [0.2, 0.25) is 0 Å². The monoisotopic (exact) mass is 434 g/mol. The summed E-state index contributed by atoms with van der Waals surface area (Å²) in [4.78, 5) is 21.0. The van der Waals surface area contributed by atoms with Crippen molar-refractivity contribution in [2.45, 2.75) is 30.8 Å². The van der Waals surface area contributed by atoms with Gasteiger partial charge in [-0.1, -0.05) is 49.0 Å². The van der Waals surface area contributed by atoms with Crippen LogP contribution in [0.5, 0.6) is 0 Å². The van der Waals surface area contributed by atoms with E-state index in [1.165, 1.54) is 6.07 Å². The number of rotatable bonds is 8. The lowest BCUT2D eigenvalue weighted by Crippen LogP contribution is -2.23. The fourth-order valence-corrected chi connectivity index (χ4v) is 4.22. The lowest BCUT2D eigenvalue weighted by atomic mass is 10.1. The molecule has 0 unspecified atom stereocenters. The van der Waals surface area contributed by atoms with Crippen molar-refractivity contribution >= 4 is 28.7 Å². The van der Waals surface area contributed by atoms with E-state index in [1.54, 1.807) is 36.3 Å². The molecule has 0 aliphatic rings. The zero-order chi connectivity index (χ0) is 21.6. The molecule has 158 valence electrons. The summed E-state index contributed by atoms with van der Waals surface area (Å²) in [6, 6.07) is 16.2. The van der Waals surface area contributed by atoms with Crippen molar-refractivity contribution in [1.82, 2.24) is 19.9 Å². The molecule has 5 nitrogen and oxygen atoms in total. The second kappa shape index (κ2) is 9.75. The van der Waals surface area contributed by atoms with E-state index < -0.39 is 0 Å². The first-order valence-electron chi connectivity index (χ1n) is 10.2. The summed E-state index contributed by atoms with van der Waals surface area (Å²) in [6.07, 6.45) is 4.38. The molecule has 0 fully saturated rings. The highest BCUT2D eigenvalue weighted by atomic mass is 32.2. The van der Waals surface area contributed by atoms with Crippen molar-refractivity contribution < 1.29 is 9.18 Å². The molecule has 0 aliphatic heterocycles. The summed E-state index contributed by atoms with van der Waals surface area (Å²) < 4.78 is 16.3. The van der Waals surface area contributed by atoms with Gasteiger partial charge in [-0.3, -0.25) is 9.78 Å². The van der Waals surface area contributed by atoms with E-state index in [4.69, 9.17) is 4.98 Å². The van der Waals surface area contributed by atoms with Gasteiger partial charge in [0.1, 0.15) is 5.82 Å². The maximum Gasteiger partial charge on any atom is 0.251 e. The predicted molar refractivity (Wildman–Crippen MR) is 122 cm³/mol. The number of hydrogen-bond acceptors (Lipinski definition) is 4. The van der Waals surface area contributed by atoms with Crippen LogP contribution in [-0.2, 0) is 12.3 Å². The number of amides is 1. The fourth-order valence-electron chi connectivity index (χ4n) is 3.25. The Morgan fingerprint density at radius 2 is 1.94 bits per heavy atom. The lowest BCUT2D eigenvalue weighted by molar-refractivity contribution is 0.0953. The van der Waals surface area contributed by atoms with E-state index in [9.17, 15) is 9.18 Å². The minimum atomic E-state index is -0.235. The number of aromatic nitrogens is 3. The number of hydrogen-bond donors (Lipinski definition) is 1. The average molecular weight is 435 g/mol. The van der Waals surface area contributed by atoms with Crippen LogP contribution in [0.4, 0.5) is 4.39 Å². The summed E-state index contributed by atoms with van der Waals surface area (Å²) in [5, 5.41) is 3.68. The number of nitrogens with zero attached hydrogens (tertiary/aromatic N) is 3. The largest absolute Gasteiger partial charge is 0.352 e. The third-order valence-electron chi connectivity index (χ3n) is 4.92. The number of fused-ring (bicyclic) bond motifs is 1. The second-order valence-corrected chi connectivity index (χ2v) is 8.12. The van der Waals surface area contributed by atoms with Crippen LogP contribution in [0.15, 0.2) is 72.1 Å². The molecule has 0 saturated carbocycles. The van der Waals surface area contributed by atoms with Gasteiger partial charge in [0, 0.05) is 29.6 Å². The first kappa shape index (κ1) is 21.1. The molecule has 2 heterocycles. The number of imidazole rings is 1. The van der Waals surface area contributed by atoms with Crippen molar-refractivity contribution in [3.8, 4) is 0 Å². The molecule has 1 amide bonds. The smallest absolute Gasteiger partial charge is 0.251 e. The Labute approximate surface area is 184 Å². The van der Waals surface area contributed by atoms with Gasteiger partial charge in [0.05, 0.1) is 23.8 Å². The topological polar surface area (TPSA) is 59.8 Å². The molecule has 0 atom stereocenters. The number of nitrogens with one attached hydrogen (secondary N) is 1. The molecule has 0 spiro atoms. The van der Waals surface area contributed by atoms with Crippen molar-refractivity contribution in [3.63, 3.8) is 0 Å². The highest BCUT2D eigenvalue weighted by Crippen LogP contribution is 2.28. The summed E-state index contributed by atoms with van der Waals surface area (Å²) in [5.74, 6) is 0.395. The molecule has 0 bridgehead atoms. The first-order chi connectivity index (χ1) is 15.2. The summed E-state index contributed by atoms with van der Waals surface area (Å²) in [6.45, 7) is 3.08. The second-order valence-electron chi connectivity index (χ2n) is 7.18. The molecule has 0 radical (unpaired) electrons. The molecule has 7 heteroatoms. The van der Waals surface area contributed by atoms with Gasteiger partial charge in [-0.05, 0) is 36.2 Å². The molecule has 2 aromatic carbocycles. The van der Waals surface area contributed by atoms with Crippen molar-refractivity contribution in [3.05, 3.63) is 89.5 Å². The lowest BCUT2D eigenvalue weighted by Gasteiger charge is -2.10. The first-order valence-corrected chi connectivity index (χ1v) is 11.2. The van der Waals surface area contributed by atoms with Gasteiger partial charge in [0.15, 0.2) is 5.16 Å². The van der Waals surface area contributed by atoms with Crippen LogP contribution in [0.3, 0.4) is 0 Å². The molecule has 1 N–H and O–H groups in total. The minimum Gasteiger partial charge on any atom is -0.352 e. The van der Waals surface area contributed by atoms with Crippen LogP contribution >= 0.6 is 11.8 Å². The van der Waals surface area contributed by atoms with E-state index in [1.807, 2.05) is 47.9 Å². The van der Waals surface area contributed by atoms with Gasteiger partial charge in [0.2, 0.25) is 0 Å². The normalized spacial score (nSPS) is 11.0. The SMILES string of the molecule is CCCNC(=O)c1ccc(CSc2nc3ccncc3n2Cc2ccccc2F)cc1. The standard InChI is InChI=1S/C24H23FN4OS/c1-2-12-27-23(30)18-9-7-17(8-10-18)16-31-24-28-21-11-13-26-14-22(21)29(24)15-19-5-3-4-6-20(19)25/h3-11,13-14H,2,12,15-16H2,1H3,(H,27,30). The van der Waals surface area contributed by atoms with Gasteiger partial charge in [-0.2, -0.15) is 0 Å². The minimum absolute atomic E-state index is 0.0553. The molecule has 4 rings (SSSR count). The van der Waals surface area contributed by atoms with Crippen LogP contribution in [-0.4, -0.2) is 27.0 Å². The van der Waals surface area contributed by atoms with E-state index in [0.717, 1.165) is 28.2 Å². The van der Waals surface area contributed by atoms with Gasteiger partial charge in [-0.15, -0.1) is 0 Å². The van der Waals surface area contributed by atoms with Gasteiger partial charge >= 0.3 is 0 Å². The Balaban J connectivity index is 1.53. The number of carbonyl (C=O) groups excluding carboxylic acids is 1. The molecule has 4 aromatic rings. The van der Waals surface area contributed by atoms with Crippen molar-refractivity contribution in [1.29, 1.82) is 0 Å². The highest BCUT2D eigenvalue weighted by Gasteiger charge is 2.14. The highest BCUT2D eigenvalue weighted by molar-refractivity contribution is 7.98. The van der Waals surface area contributed by atoms with Crippen LogP contribution in [0.1, 0.15) is 34.8 Å². The Morgan fingerprint density at radius 1 is 1.13 bits per heavy atom. The maximum atomic E-state index is 14.3. The average Bonchev–Trinajstić information content (AvgIpc) is 3.15. The molecule has 2 aromatic heterocycles. The third kappa shape index (κ3) is 4.94. The molecule has 0 aliphatic carbocycles. The Hall–Kier alpha value is -3.19. The molecular weight excluding hydrogens is 411 g/mol. The zero-order valence-electron chi connectivity index (χ0n) is 17.2. The Morgan fingerprint density at radius 3 is 2.71 bits per heavy atom. The third-order valence-corrected chi connectivity index (χ3v) is 5.97. The van der Waals surface area contributed by atoms with Crippen LogP contribution in [0, 0.1) is 5.82 Å². The number of pyridine rings is 1. The summed E-state index contributed by atoms with van der Waals surface area (Å²) in [5.41, 5.74) is 4.04. The van der Waals surface area contributed by atoms with Gasteiger partial charge in [-0.25, -0.2) is 9.37 Å². The Kier molecular flexibility index (Phi) is 6.62. The van der Waals surface area contributed by atoms with Crippen molar-refractivity contribution in [2.75, 3.05) is 6.54 Å². The predicted octanol–water partition coefficient (Wildman–Crippen LogP) is 5.05. The molecule has 31 heavy (non-hydrogen) atoms. The number of benzene rings is 2. The van der Waals surface area contributed by atoms with Crippen LogP contribution in [0.25, 0.3) is 11.0 Å². The molecule has 0 saturated heterocycles. The Bertz CT molecular complexity index is 1190. The molecular formula is C24H23FN4OS. The quantitative estimate of drug-likeness (QED) is 0.394. The van der Waals surface area contributed by atoms with Crippen molar-refractivity contribution in [2.24, 2.45) is 0 Å². The zero-order valence-corrected chi connectivity index (χ0v) is 18.0. The van der Waals surface area contributed by atoms with E-state index >= 15 is 0 Å². The number of thioether (sulfide) groups is 1. The van der Waals surface area contributed by atoms with E-state index in [-0.39, 0.29) is 11.7 Å². The number of carbonyl (C=O) groups is 1. The fraction of sp³-hybridized carbons (Fsp3) is 0.208. The summed E-state index contributed by atoms with van der Waals surface area (Å²) >= 11 is 1.58. The van der Waals surface area contributed by atoms with Gasteiger partial charge in [0.25, 0.3) is 5.91 Å². The number of halogens is 1. The van der Waals surface area contributed by atoms with Crippen LogP contribution < -0.4 is 5.32 Å². The van der Waals surface area contributed by atoms with Gasteiger partial charge < -0.3 is 9.88 Å².